The predicted molar refractivity (Wildman–Crippen MR) is 85.1 cm³/mol. The quantitative estimate of drug-likeness (QED) is 0.835. The van der Waals surface area contributed by atoms with Crippen molar-refractivity contribution in [2.45, 2.75) is 11.5 Å². The molecular formula is C16H13ClO4S. The van der Waals surface area contributed by atoms with Gasteiger partial charge in [-0.25, -0.2) is 0 Å². The Hall–Kier alpha value is -1.72. The van der Waals surface area contributed by atoms with Crippen LogP contribution in [-0.2, 0) is 11.5 Å². The molecule has 22 heavy (non-hydrogen) atoms. The second kappa shape index (κ2) is 5.82. The Morgan fingerprint density at radius 1 is 0.818 bits per heavy atom. The fraction of sp³-hybridized carbons (Fsp3) is 0.250. The maximum absolute atomic E-state index is 6.28. The van der Waals surface area contributed by atoms with Gasteiger partial charge in [0, 0.05) is 22.6 Å². The van der Waals surface area contributed by atoms with Crippen molar-refractivity contribution in [3.8, 4) is 23.0 Å². The summed E-state index contributed by atoms with van der Waals surface area (Å²) < 4.78 is 21.4. The van der Waals surface area contributed by atoms with Gasteiger partial charge in [0.25, 0.3) is 0 Å². The zero-order chi connectivity index (χ0) is 14.9. The van der Waals surface area contributed by atoms with Crippen molar-refractivity contribution >= 4 is 23.4 Å². The second-order valence-corrected chi connectivity index (χ2v) is 6.37. The number of benzene rings is 2. The Labute approximate surface area is 137 Å². The molecule has 0 amide bonds. The van der Waals surface area contributed by atoms with E-state index < -0.39 is 0 Å². The maximum Gasteiger partial charge on any atom is 0.231 e. The second-order valence-electron chi connectivity index (χ2n) is 4.98. The van der Waals surface area contributed by atoms with Crippen LogP contribution in [0.15, 0.2) is 30.3 Å². The first-order chi connectivity index (χ1) is 10.8. The highest BCUT2D eigenvalue weighted by atomic mass is 35.5. The molecule has 0 radical (unpaired) electrons. The standard InChI is InChI=1S/C16H13ClO4S/c17-12-5-16-15(20-9-21-16)4-11(12)7-22-6-10-1-2-13-14(3-10)19-8-18-13/h1-5H,6-9H2. The van der Waals surface area contributed by atoms with E-state index in [-0.39, 0.29) is 6.79 Å². The summed E-state index contributed by atoms with van der Waals surface area (Å²) in [4.78, 5) is 0. The van der Waals surface area contributed by atoms with Crippen molar-refractivity contribution in [2.75, 3.05) is 13.6 Å². The van der Waals surface area contributed by atoms with Gasteiger partial charge < -0.3 is 18.9 Å². The fourth-order valence-corrected chi connectivity index (χ4v) is 3.66. The van der Waals surface area contributed by atoms with E-state index in [1.54, 1.807) is 11.8 Å². The van der Waals surface area contributed by atoms with E-state index in [4.69, 9.17) is 30.5 Å². The Kier molecular flexibility index (Phi) is 3.68. The lowest BCUT2D eigenvalue weighted by molar-refractivity contribution is 0.173. The molecule has 0 unspecified atom stereocenters. The van der Waals surface area contributed by atoms with Crippen molar-refractivity contribution in [3.05, 3.63) is 46.5 Å². The van der Waals surface area contributed by atoms with Gasteiger partial charge >= 0.3 is 0 Å². The maximum atomic E-state index is 6.28. The van der Waals surface area contributed by atoms with E-state index in [0.717, 1.165) is 40.1 Å². The number of thioether (sulfide) groups is 1. The minimum absolute atomic E-state index is 0.263. The summed E-state index contributed by atoms with van der Waals surface area (Å²) in [5, 5.41) is 0.711. The van der Waals surface area contributed by atoms with Gasteiger partial charge in [0.1, 0.15) is 0 Å². The van der Waals surface area contributed by atoms with Crippen LogP contribution >= 0.6 is 23.4 Å². The number of hydrogen-bond acceptors (Lipinski definition) is 5. The Morgan fingerprint density at radius 2 is 1.50 bits per heavy atom. The topological polar surface area (TPSA) is 36.9 Å². The van der Waals surface area contributed by atoms with Gasteiger partial charge in [0.2, 0.25) is 13.6 Å². The number of halogens is 1. The van der Waals surface area contributed by atoms with Gasteiger partial charge in [-0.1, -0.05) is 17.7 Å². The SMILES string of the molecule is Clc1cc2c(cc1CSCc1ccc3c(c1)OCO3)OCO2. The first kappa shape index (κ1) is 13.9. The first-order valence-corrected chi connectivity index (χ1v) is 8.37. The predicted octanol–water partition coefficient (Wildman–Crippen LogP) is 4.23. The molecule has 2 aliphatic heterocycles. The minimum atomic E-state index is 0.263. The van der Waals surface area contributed by atoms with Crippen molar-refractivity contribution in [1.29, 1.82) is 0 Å². The molecule has 0 fully saturated rings. The van der Waals surface area contributed by atoms with E-state index in [1.165, 1.54) is 5.56 Å². The van der Waals surface area contributed by atoms with E-state index >= 15 is 0 Å². The molecule has 0 bridgehead atoms. The number of hydrogen-bond donors (Lipinski definition) is 0. The molecule has 0 aromatic heterocycles. The third-order valence-electron chi connectivity index (χ3n) is 3.50. The van der Waals surface area contributed by atoms with Crippen LogP contribution in [0.25, 0.3) is 0 Å². The Bertz CT molecular complexity index is 720. The largest absolute Gasteiger partial charge is 0.454 e. The molecule has 0 atom stereocenters. The monoisotopic (exact) mass is 336 g/mol. The van der Waals surface area contributed by atoms with Gasteiger partial charge in [-0.2, -0.15) is 11.8 Å². The van der Waals surface area contributed by atoms with Gasteiger partial charge in [0.15, 0.2) is 23.0 Å². The van der Waals surface area contributed by atoms with Crippen LogP contribution in [-0.4, -0.2) is 13.6 Å². The summed E-state index contributed by atoms with van der Waals surface area (Å²) in [6, 6.07) is 9.81. The lowest BCUT2D eigenvalue weighted by Gasteiger charge is -2.07. The summed E-state index contributed by atoms with van der Waals surface area (Å²) >= 11 is 8.07. The summed E-state index contributed by atoms with van der Waals surface area (Å²) in [7, 11) is 0. The van der Waals surface area contributed by atoms with Crippen LogP contribution in [0.4, 0.5) is 0 Å². The molecule has 0 saturated carbocycles. The van der Waals surface area contributed by atoms with Gasteiger partial charge in [0.05, 0.1) is 0 Å². The first-order valence-electron chi connectivity index (χ1n) is 6.84. The fourth-order valence-electron chi connectivity index (χ4n) is 2.38. The lowest BCUT2D eigenvalue weighted by atomic mass is 10.2. The minimum Gasteiger partial charge on any atom is -0.454 e. The highest BCUT2D eigenvalue weighted by Gasteiger charge is 2.17. The molecule has 0 saturated heterocycles. The third kappa shape index (κ3) is 2.66. The molecule has 6 heteroatoms. The van der Waals surface area contributed by atoms with E-state index in [1.807, 2.05) is 24.3 Å². The van der Waals surface area contributed by atoms with Crippen molar-refractivity contribution in [2.24, 2.45) is 0 Å². The molecule has 4 rings (SSSR count). The van der Waals surface area contributed by atoms with E-state index in [0.29, 0.717) is 11.8 Å². The third-order valence-corrected chi connectivity index (χ3v) is 4.91. The molecular weight excluding hydrogens is 324 g/mol. The molecule has 4 nitrogen and oxygen atoms in total. The van der Waals surface area contributed by atoms with Crippen molar-refractivity contribution in [3.63, 3.8) is 0 Å². The number of fused-ring (bicyclic) bond motifs is 2. The number of rotatable bonds is 4. The lowest BCUT2D eigenvalue weighted by Crippen LogP contribution is -1.93. The smallest absolute Gasteiger partial charge is 0.231 e. The van der Waals surface area contributed by atoms with Crippen LogP contribution in [0, 0.1) is 0 Å². The molecule has 2 aromatic carbocycles. The van der Waals surface area contributed by atoms with Gasteiger partial charge in [-0.15, -0.1) is 0 Å². The molecule has 0 N–H and O–H groups in total. The molecule has 2 aliphatic rings. The molecule has 0 aliphatic carbocycles. The summed E-state index contributed by atoms with van der Waals surface area (Å²) in [6.45, 7) is 0.568. The molecule has 2 aromatic rings. The summed E-state index contributed by atoms with van der Waals surface area (Å²) in [6.07, 6.45) is 0. The van der Waals surface area contributed by atoms with Gasteiger partial charge in [-0.05, 0) is 29.3 Å². The summed E-state index contributed by atoms with van der Waals surface area (Å²) in [5.74, 6) is 4.80. The van der Waals surface area contributed by atoms with Crippen LogP contribution in [0.3, 0.4) is 0 Å². The number of ether oxygens (including phenoxy) is 4. The van der Waals surface area contributed by atoms with Crippen molar-refractivity contribution in [1.82, 2.24) is 0 Å². The molecule has 114 valence electrons. The normalized spacial score (nSPS) is 14.4. The van der Waals surface area contributed by atoms with Crippen LogP contribution in [0.2, 0.25) is 5.02 Å². The zero-order valence-corrected chi connectivity index (χ0v) is 13.2. The van der Waals surface area contributed by atoms with Crippen LogP contribution in [0.1, 0.15) is 11.1 Å². The highest BCUT2D eigenvalue weighted by molar-refractivity contribution is 7.97. The Balaban J connectivity index is 1.41. The average Bonchev–Trinajstić information content (AvgIpc) is 3.15. The van der Waals surface area contributed by atoms with Crippen LogP contribution < -0.4 is 18.9 Å². The van der Waals surface area contributed by atoms with E-state index in [2.05, 4.69) is 6.07 Å². The average molecular weight is 337 g/mol. The zero-order valence-electron chi connectivity index (χ0n) is 11.6. The Morgan fingerprint density at radius 3 is 2.32 bits per heavy atom. The molecule has 0 spiro atoms. The van der Waals surface area contributed by atoms with Crippen molar-refractivity contribution < 1.29 is 18.9 Å². The summed E-state index contributed by atoms with van der Waals surface area (Å²) in [5.41, 5.74) is 2.25. The van der Waals surface area contributed by atoms with Gasteiger partial charge in [-0.3, -0.25) is 0 Å². The highest BCUT2D eigenvalue weighted by Crippen LogP contribution is 2.38. The van der Waals surface area contributed by atoms with Crippen LogP contribution in [0.5, 0.6) is 23.0 Å². The molecule has 2 heterocycles. The van der Waals surface area contributed by atoms with E-state index in [9.17, 15) is 0 Å².